The van der Waals surface area contributed by atoms with Crippen molar-refractivity contribution in [3.63, 3.8) is 0 Å². The first-order valence-corrected chi connectivity index (χ1v) is 9.07. The van der Waals surface area contributed by atoms with Gasteiger partial charge < -0.3 is 9.47 Å². The van der Waals surface area contributed by atoms with Crippen LogP contribution in [-0.2, 0) is 14.3 Å². The Morgan fingerprint density at radius 2 is 1.86 bits per heavy atom. The van der Waals surface area contributed by atoms with Crippen molar-refractivity contribution in [1.82, 2.24) is 9.97 Å². The monoisotopic (exact) mass is 424 g/mol. The number of esters is 2. The van der Waals surface area contributed by atoms with Crippen LogP contribution in [0.4, 0.5) is 4.39 Å². The number of nitrogens with zero attached hydrogens (tertiary/aromatic N) is 2. The summed E-state index contributed by atoms with van der Waals surface area (Å²) in [5.74, 6) is -1.01. The zero-order valence-electron chi connectivity index (χ0n) is 15.0. The van der Waals surface area contributed by atoms with E-state index in [0.717, 1.165) is 10.2 Å². The van der Waals surface area contributed by atoms with Crippen molar-refractivity contribution in [3.05, 3.63) is 59.1 Å². The molecule has 3 aromatic heterocycles. The van der Waals surface area contributed by atoms with Gasteiger partial charge in [0.25, 0.3) is 0 Å². The summed E-state index contributed by atoms with van der Waals surface area (Å²) in [5.41, 5.74) is 0.699. The molecule has 0 atom stereocenters. The highest BCUT2D eigenvalue weighted by molar-refractivity contribution is 7.81. The normalized spacial score (nSPS) is 9.29. The molecule has 148 valence electrons. The van der Waals surface area contributed by atoms with E-state index in [1.165, 1.54) is 43.9 Å². The number of carbonyl (C=O) groups is 3. The molecule has 3 rings (SSSR count). The molecule has 0 N–H and O–H groups in total. The summed E-state index contributed by atoms with van der Waals surface area (Å²) in [4.78, 5) is 39.1. The average Bonchev–Trinajstić information content (AvgIpc) is 3.18. The molecule has 0 spiro atoms. The summed E-state index contributed by atoms with van der Waals surface area (Å²) in [6, 6.07) is 8.14. The molecular formula is C18H17FN2O5S2. The van der Waals surface area contributed by atoms with Gasteiger partial charge in [-0.3, -0.25) is 19.6 Å². The third kappa shape index (κ3) is 7.41. The number of rotatable bonds is 3. The smallest absolute Gasteiger partial charge is 0.348 e. The number of aromatic nitrogens is 2. The van der Waals surface area contributed by atoms with E-state index in [9.17, 15) is 18.8 Å². The first-order chi connectivity index (χ1) is 13.5. The van der Waals surface area contributed by atoms with E-state index in [-0.39, 0.29) is 23.4 Å². The van der Waals surface area contributed by atoms with Crippen LogP contribution >= 0.6 is 24.0 Å². The van der Waals surface area contributed by atoms with Gasteiger partial charge in [0.1, 0.15) is 10.6 Å². The minimum Gasteiger partial charge on any atom is -0.468 e. The average molecular weight is 424 g/mol. The third-order valence-electron chi connectivity index (χ3n) is 2.93. The summed E-state index contributed by atoms with van der Waals surface area (Å²) in [5, 5.41) is 0. The number of aldehydes is 1. The lowest BCUT2D eigenvalue weighted by Crippen LogP contribution is -1.99. The van der Waals surface area contributed by atoms with Crippen LogP contribution in [0.1, 0.15) is 20.2 Å². The predicted octanol–water partition coefficient (Wildman–Crippen LogP) is 3.21. The Morgan fingerprint density at radius 1 is 1.18 bits per heavy atom. The first kappa shape index (κ1) is 23.2. The maximum Gasteiger partial charge on any atom is 0.348 e. The number of methoxy groups -OCH3 is 2. The second-order valence-corrected chi connectivity index (χ2v) is 6.11. The van der Waals surface area contributed by atoms with E-state index in [0.29, 0.717) is 11.2 Å². The van der Waals surface area contributed by atoms with Crippen LogP contribution in [-0.4, -0.2) is 48.2 Å². The third-order valence-corrected chi connectivity index (χ3v) is 4.26. The van der Waals surface area contributed by atoms with E-state index < -0.39 is 5.82 Å². The Kier molecular flexibility index (Phi) is 10.4. The minimum atomic E-state index is -0.576. The highest BCUT2D eigenvalue weighted by atomic mass is 32.1. The number of ether oxygens (including phenoxy) is 2. The summed E-state index contributed by atoms with van der Waals surface area (Å²) < 4.78 is 22.1. The molecule has 0 aliphatic rings. The zero-order valence-corrected chi connectivity index (χ0v) is 16.7. The molecule has 0 aromatic carbocycles. The SMILES string of the molecule is COC(=O)CS.COC(=O)c1cc2ncccc2s1.O=Cc1ncccc1F. The summed E-state index contributed by atoms with van der Waals surface area (Å²) in [6.45, 7) is 0. The Labute approximate surface area is 169 Å². The van der Waals surface area contributed by atoms with Crippen LogP contribution in [0.15, 0.2) is 42.7 Å². The van der Waals surface area contributed by atoms with Crippen molar-refractivity contribution in [3.8, 4) is 0 Å². The number of pyridine rings is 2. The van der Waals surface area contributed by atoms with Crippen molar-refractivity contribution in [1.29, 1.82) is 0 Å². The summed E-state index contributed by atoms with van der Waals surface area (Å²) >= 11 is 5.01. The largest absolute Gasteiger partial charge is 0.468 e. The van der Waals surface area contributed by atoms with E-state index in [1.807, 2.05) is 12.1 Å². The van der Waals surface area contributed by atoms with Crippen molar-refractivity contribution in [2.45, 2.75) is 0 Å². The number of hydrogen-bond acceptors (Lipinski definition) is 9. The molecule has 3 aromatic rings. The Morgan fingerprint density at radius 3 is 2.32 bits per heavy atom. The minimum absolute atomic E-state index is 0.141. The van der Waals surface area contributed by atoms with Crippen LogP contribution < -0.4 is 0 Å². The second-order valence-electron chi connectivity index (χ2n) is 4.71. The molecule has 28 heavy (non-hydrogen) atoms. The molecule has 10 heteroatoms. The molecule has 0 aliphatic heterocycles. The molecule has 7 nitrogen and oxygen atoms in total. The van der Waals surface area contributed by atoms with E-state index in [1.54, 1.807) is 12.3 Å². The number of thiol groups is 1. The van der Waals surface area contributed by atoms with Gasteiger partial charge >= 0.3 is 11.9 Å². The standard InChI is InChI=1S/C9H7NO2S.C6H4FNO.C3H6O2S/c1-12-9(11)8-5-6-7(13-8)3-2-4-10-6;7-5-2-1-3-8-6(5)4-9;1-5-3(4)2-6/h2-5H,1H3;1-4H;6H,2H2,1H3. The Hall–Kier alpha value is -2.85. The number of thiophene rings is 1. The molecule has 0 amide bonds. The quantitative estimate of drug-likeness (QED) is 0.392. The maximum atomic E-state index is 12.3. The van der Waals surface area contributed by atoms with Crippen LogP contribution in [0.5, 0.6) is 0 Å². The molecule has 0 saturated heterocycles. The van der Waals surface area contributed by atoms with E-state index in [4.69, 9.17) is 0 Å². The fourth-order valence-corrected chi connectivity index (χ4v) is 2.69. The van der Waals surface area contributed by atoms with Crippen molar-refractivity contribution >= 4 is 52.4 Å². The fourth-order valence-electron chi connectivity index (χ4n) is 1.62. The molecule has 0 bridgehead atoms. The van der Waals surface area contributed by atoms with Gasteiger partial charge in [-0.1, -0.05) is 0 Å². The highest BCUT2D eigenvalue weighted by Crippen LogP contribution is 2.23. The second kappa shape index (κ2) is 12.5. The maximum absolute atomic E-state index is 12.3. The molecule has 0 fully saturated rings. The number of hydrogen-bond donors (Lipinski definition) is 1. The van der Waals surface area contributed by atoms with Gasteiger partial charge in [0, 0.05) is 12.4 Å². The van der Waals surface area contributed by atoms with Gasteiger partial charge in [-0.15, -0.1) is 11.3 Å². The van der Waals surface area contributed by atoms with E-state index >= 15 is 0 Å². The van der Waals surface area contributed by atoms with Crippen LogP contribution in [0, 0.1) is 5.82 Å². The highest BCUT2D eigenvalue weighted by Gasteiger charge is 2.09. The number of carbonyl (C=O) groups excluding carboxylic acids is 3. The van der Waals surface area contributed by atoms with Gasteiger partial charge in [-0.25, -0.2) is 9.18 Å². The fraction of sp³-hybridized carbons (Fsp3) is 0.167. The van der Waals surface area contributed by atoms with Crippen molar-refractivity contribution in [2.75, 3.05) is 20.0 Å². The molecule has 0 aliphatic carbocycles. The van der Waals surface area contributed by atoms with Gasteiger partial charge in [-0.05, 0) is 30.3 Å². The van der Waals surface area contributed by atoms with Gasteiger partial charge in [-0.2, -0.15) is 12.6 Å². The molecule has 3 heterocycles. The number of halogens is 1. The van der Waals surface area contributed by atoms with Gasteiger partial charge in [0.15, 0.2) is 12.1 Å². The Balaban J connectivity index is 0.000000229. The summed E-state index contributed by atoms with van der Waals surface area (Å²) in [7, 11) is 2.71. The summed E-state index contributed by atoms with van der Waals surface area (Å²) in [6.07, 6.45) is 3.46. The van der Waals surface area contributed by atoms with Crippen molar-refractivity contribution < 1.29 is 28.2 Å². The topological polar surface area (TPSA) is 95.5 Å². The van der Waals surface area contributed by atoms with Crippen LogP contribution in [0.3, 0.4) is 0 Å². The zero-order chi connectivity index (χ0) is 20.9. The Bertz CT molecular complexity index is 894. The molecular weight excluding hydrogens is 407 g/mol. The van der Waals surface area contributed by atoms with Crippen LogP contribution in [0.2, 0.25) is 0 Å². The lowest BCUT2D eigenvalue weighted by Gasteiger charge is -1.90. The first-order valence-electron chi connectivity index (χ1n) is 7.63. The van der Waals surface area contributed by atoms with Crippen molar-refractivity contribution in [2.24, 2.45) is 0 Å². The van der Waals surface area contributed by atoms with E-state index in [2.05, 4.69) is 32.1 Å². The molecule has 0 unspecified atom stereocenters. The predicted molar refractivity (Wildman–Crippen MR) is 106 cm³/mol. The lowest BCUT2D eigenvalue weighted by atomic mass is 10.4. The lowest BCUT2D eigenvalue weighted by molar-refractivity contribution is -0.137. The molecule has 0 saturated carbocycles. The van der Waals surface area contributed by atoms with Gasteiger partial charge in [0.2, 0.25) is 0 Å². The number of fused-ring (bicyclic) bond motifs is 1. The van der Waals surface area contributed by atoms with Gasteiger partial charge in [0.05, 0.1) is 30.2 Å². The van der Waals surface area contributed by atoms with Crippen LogP contribution in [0.25, 0.3) is 10.2 Å². The molecule has 0 radical (unpaired) electrons.